The number of nitrogens with zero attached hydrogens (tertiary/aromatic N) is 3. The van der Waals surface area contributed by atoms with Crippen molar-refractivity contribution in [3.8, 4) is 22.7 Å². The first-order valence-corrected chi connectivity index (χ1v) is 8.06. The molecule has 4 aromatic rings. The molecule has 0 atom stereocenters. The van der Waals surface area contributed by atoms with Crippen molar-refractivity contribution in [1.82, 2.24) is 20.4 Å². The van der Waals surface area contributed by atoms with Crippen molar-refractivity contribution in [2.24, 2.45) is 0 Å². The van der Waals surface area contributed by atoms with E-state index in [9.17, 15) is 9.18 Å². The lowest BCUT2D eigenvalue weighted by Crippen LogP contribution is -2.22. The molecule has 3 aromatic heterocycles. The third kappa shape index (κ3) is 3.59. The molecular formula is C19H13FN4O3. The van der Waals surface area contributed by atoms with E-state index < -0.39 is 11.7 Å². The highest BCUT2D eigenvalue weighted by atomic mass is 19.1. The summed E-state index contributed by atoms with van der Waals surface area (Å²) in [5.74, 6) is 0.0882. The zero-order valence-electron chi connectivity index (χ0n) is 13.9. The summed E-state index contributed by atoms with van der Waals surface area (Å²) in [6.07, 6.45) is 3.24. The van der Waals surface area contributed by atoms with Crippen molar-refractivity contribution >= 4 is 5.91 Å². The smallest absolute Gasteiger partial charge is 0.287 e. The Hall–Kier alpha value is -3.81. The Morgan fingerprint density at radius 1 is 1.07 bits per heavy atom. The van der Waals surface area contributed by atoms with Crippen LogP contribution in [0, 0.1) is 5.82 Å². The van der Waals surface area contributed by atoms with Crippen molar-refractivity contribution in [3.05, 3.63) is 78.4 Å². The largest absolute Gasteiger partial charge is 0.451 e. The Labute approximate surface area is 152 Å². The van der Waals surface area contributed by atoms with Gasteiger partial charge in [0, 0.05) is 18.0 Å². The number of carbonyl (C=O) groups excluding carboxylic acids is 1. The summed E-state index contributed by atoms with van der Waals surface area (Å²) in [6, 6.07) is 12.7. The second-order valence-electron chi connectivity index (χ2n) is 5.57. The Morgan fingerprint density at radius 2 is 1.89 bits per heavy atom. The minimum Gasteiger partial charge on any atom is -0.451 e. The van der Waals surface area contributed by atoms with Crippen LogP contribution >= 0.6 is 0 Å². The normalized spacial score (nSPS) is 10.7. The Bertz CT molecular complexity index is 1080. The number of benzene rings is 1. The van der Waals surface area contributed by atoms with E-state index in [0.717, 1.165) is 5.56 Å². The molecule has 8 heteroatoms. The molecule has 0 aliphatic rings. The van der Waals surface area contributed by atoms with Crippen molar-refractivity contribution in [2.45, 2.75) is 6.54 Å². The fourth-order valence-corrected chi connectivity index (χ4v) is 2.45. The van der Waals surface area contributed by atoms with Gasteiger partial charge in [0.05, 0.1) is 12.1 Å². The maximum absolute atomic E-state index is 13.8. The molecule has 1 N–H and O–H groups in total. The van der Waals surface area contributed by atoms with Gasteiger partial charge in [0.1, 0.15) is 11.6 Å². The van der Waals surface area contributed by atoms with Gasteiger partial charge in [-0.2, -0.15) is 4.98 Å². The number of hydrogen-bond acceptors (Lipinski definition) is 6. The first kappa shape index (κ1) is 16.6. The summed E-state index contributed by atoms with van der Waals surface area (Å²) in [4.78, 5) is 20.4. The average Bonchev–Trinajstić information content (AvgIpc) is 3.37. The van der Waals surface area contributed by atoms with Crippen LogP contribution in [0.15, 0.2) is 69.9 Å². The van der Waals surface area contributed by atoms with Crippen molar-refractivity contribution in [3.63, 3.8) is 0 Å². The van der Waals surface area contributed by atoms with E-state index in [0.29, 0.717) is 5.82 Å². The van der Waals surface area contributed by atoms with Crippen molar-refractivity contribution in [2.75, 3.05) is 0 Å². The highest BCUT2D eigenvalue weighted by Crippen LogP contribution is 2.24. The molecule has 7 nitrogen and oxygen atoms in total. The number of halogens is 1. The number of nitrogens with one attached hydrogen (secondary N) is 1. The van der Waals surface area contributed by atoms with Crippen LogP contribution in [0.1, 0.15) is 16.4 Å². The fourth-order valence-electron chi connectivity index (χ4n) is 2.45. The molecule has 0 bridgehead atoms. The van der Waals surface area contributed by atoms with Gasteiger partial charge >= 0.3 is 0 Å². The van der Waals surface area contributed by atoms with Crippen LogP contribution in [0.2, 0.25) is 0 Å². The predicted octanol–water partition coefficient (Wildman–Crippen LogP) is 3.46. The molecule has 134 valence electrons. The van der Waals surface area contributed by atoms with Gasteiger partial charge < -0.3 is 14.3 Å². The molecule has 27 heavy (non-hydrogen) atoms. The zero-order chi connectivity index (χ0) is 18.6. The van der Waals surface area contributed by atoms with E-state index in [1.807, 2.05) is 0 Å². The van der Waals surface area contributed by atoms with Crippen LogP contribution in [-0.2, 0) is 6.54 Å². The van der Waals surface area contributed by atoms with Crippen molar-refractivity contribution in [1.29, 1.82) is 0 Å². The monoisotopic (exact) mass is 364 g/mol. The molecular weight excluding hydrogens is 351 g/mol. The van der Waals surface area contributed by atoms with Gasteiger partial charge in [0.2, 0.25) is 11.7 Å². The number of rotatable bonds is 5. The second kappa shape index (κ2) is 7.20. The highest BCUT2D eigenvalue weighted by molar-refractivity contribution is 5.92. The predicted molar refractivity (Wildman–Crippen MR) is 92.8 cm³/mol. The van der Waals surface area contributed by atoms with E-state index in [-0.39, 0.29) is 29.5 Å². The molecule has 4 rings (SSSR count). The Morgan fingerprint density at radius 3 is 2.70 bits per heavy atom. The summed E-state index contributed by atoms with van der Waals surface area (Å²) >= 11 is 0. The van der Waals surface area contributed by atoms with Gasteiger partial charge in [0.15, 0.2) is 5.76 Å². The summed E-state index contributed by atoms with van der Waals surface area (Å²) in [5, 5.41) is 6.48. The third-order valence-corrected chi connectivity index (χ3v) is 3.78. The van der Waals surface area contributed by atoms with Gasteiger partial charge in [-0.25, -0.2) is 4.39 Å². The first-order valence-electron chi connectivity index (χ1n) is 8.06. The Kier molecular flexibility index (Phi) is 4.44. The summed E-state index contributed by atoms with van der Waals surface area (Å²) in [6.45, 7) is 0.0344. The summed E-state index contributed by atoms with van der Waals surface area (Å²) in [5.41, 5.74) is 1.04. The van der Waals surface area contributed by atoms with Gasteiger partial charge in [-0.1, -0.05) is 17.3 Å². The molecule has 0 aliphatic heterocycles. The molecule has 0 spiro atoms. The molecule has 3 heterocycles. The standard InChI is InChI=1S/C19H13FN4O3/c20-14-4-2-1-3-13(14)15-5-6-16(26-15)19(25)22-11-17-23-18(24-27-17)12-7-9-21-10-8-12/h1-10H,11H2,(H,22,25). The molecule has 0 fully saturated rings. The second-order valence-corrected chi connectivity index (χ2v) is 5.57. The minimum absolute atomic E-state index is 0.0344. The van der Waals surface area contributed by atoms with Gasteiger partial charge in [-0.3, -0.25) is 9.78 Å². The number of carbonyl (C=O) groups is 1. The van der Waals surface area contributed by atoms with Crippen LogP contribution in [0.3, 0.4) is 0 Å². The maximum atomic E-state index is 13.8. The summed E-state index contributed by atoms with van der Waals surface area (Å²) in [7, 11) is 0. The van der Waals surface area contributed by atoms with E-state index in [1.54, 1.807) is 48.8 Å². The third-order valence-electron chi connectivity index (χ3n) is 3.78. The maximum Gasteiger partial charge on any atom is 0.287 e. The van der Waals surface area contributed by atoms with Gasteiger partial charge in [-0.15, -0.1) is 0 Å². The number of pyridine rings is 1. The van der Waals surface area contributed by atoms with Crippen LogP contribution in [-0.4, -0.2) is 21.0 Å². The lowest BCUT2D eigenvalue weighted by Gasteiger charge is -2.00. The van der Waals surface area contributed by atoms with Crippen LogP contribution in [0.5, 0.6) is 0 Å². The Balaban J connectivity index is 1.42. The van der Waals surface area contributed by atoms with E-state index in [4.69, 9.17) is 8.94 Å². The number of hydrogen-bond donors (Lipinski definition) is 1. The number of aromatic nitrogens is 3. The molecule has 0 saturated heterocycles. The number of amides is 1. The number of furan rings is 1. The first-order chi connectivity index (χ1) is 13.2. The fraction of sp³-hybridized carbons (Fsp3) is 0.0526. The molecule has 1 aromatic carbocycles. The van der Waals surface area contributed by atoms with Crippen molar-refractivity contribution < 1.29 is 18.1 Å². The zero-order valence-corrected chi connectivity index (χ0v) is 13.9. The van der Waals surface area contributed by atoms with Gasteiger partial charge in [-0.05, 0) is 36.4 Å². The molecule has 0 unspecified atom stereocenters. The molecule has 0 saturated carbocycles. The quantitative estimate of drug-likeness (QED) is 0.583. The lowest BCUT2D eigenvalue weighted by atomic mass is 10.1. The SMILES string of the molecule is O=C(NCc1nc(-c2ccncc2)no1)c1ccc(-c2ccccc2F)o1. The molecule has 1 amide bonds. The van der Waals surface area contributed by atoms with E-state index >= 15 is 0 Å². The van der Waals surface area contributed by atoms with Gasteiger partial charge in [0.25, 0.3) is 5.91 Å². The average molecular weight is 364 g/mol. The molecule has 0 radical (unpaired) electrons. The van der Waals surface area contributed by atoms with Crippen LogP contribution < -0.4 is 5.32 Å². The van der Waals surface area contributed by atoms with E-state index in [2.05, 4.69) is 20.4 Å². The topological polar surface area (TPSA) is 94.1 Å². The minimum atomic E-state index is -0.471. The summed E-state index contributed by atoms with van der Waals surface area (Å²) < 4.78 is 24.4. The highest BCUT2D eigenvalue weighted by Gasteiger charge is 2.15. The van der Waals surface area contributed by atoms with Crippen LogP contribution in [0.25, 0.3) is 22.7 Å². The van der Waals surface area contributed by atoms with Crippen LogP contribution in [0.4, 0.5) is 4.39 Å². The van der Waals surface area contributed by atoms with E-state index in [1.165, 1.54) is 12.1 Å². The lowest BCUT2D eigenvalue weighted by molar-refractivity contribution is 0.0919. The molecule has 0 aliphatic carbocycles.